The molecule has 0 N–H and O–H groups in total. The highest BCUT2D eigenvalue weighted by atomic mass is 32.1. The molecule has 75 valence electrons. The Kier molecular flexibility index (Phi) is 2.21. The first-order valence-electron chi connectivity index (χ1n) is 5.52. The van der Waals surface area contributed by atoms with Gasteiger partial charge < -0.3 is 0 Å². The van der Waals surface area contributed by atoms with Gasteiger partial charge in [0.1, 0.15) is 0 Å². The predicted octanol–water partition coefficient (Wildman–Crippen LogP) is 4.41. The summed E-state index contributed by atoms with van der Waals surface area (Å²) in [5.41, 5.74) is 2.87. The van der Waals surface area contributed by atoms with Crippen molar-refractivity contribution in [1.29, 1.82) is 0 Å². The highest BCUT2D eigenvalue weighted by Crippen LogP contribution is 2.36. The summed E-state index contributed by atoms with van der Waals surface area (Å²) in [5, 5.41) is 3.01. The van der Waals surface area contributed by atoms with E-state index in [1.165, 1.54) is 41.2 Å². The molecule has 2 aromatic carbocycles. The zero-order valence-electron chi connectivity index (χ0n) is 8.57. The second kappa shape index (κ2) is 3.57. The molecule has 1 aliphatic rings. The van der Waals surface area contributed by atoms with Gasteiger partial charge in [0.25, 0.3) is 0 Å². The Balaban J connectivity index is 2.27. The van der Waals surface area contributed by atoms with E-state index < -0.39 is 0 Å². The second-order valence-electron chi connectivity index (χ2n) is 4.28. The number of hydrogen-bond donors (Lipinski definition) is 0. The van der Waals surface area contributed by atoms with Crippen LogP contribution in [0.4, 0.5) is 0 Å². The third-order valence-electron chi connectivity index (χ3n) is 3.27. The maximum Gasteiger partial charge on any atom is 0.0404 e. The van der Waals surface area contributed by atoms with Crippen molar-refractivity contribution in [2.75, 3.05) is 0 Å². The molecule has 0 amide bonds. The van der Waals surface area contributed by atoms with Gasteiger partial charge in [-0.2, -0.15) is 0 Å². The SMILES string of the molecule is [S]C1CCCc2cc3ccccc3cc21. The van der Waals surface area contributed by atoms with Crippen LogP contribution >= 0.6 is 12.6 Å². The van der Waals surface area contributed by atoms with Crippen molar-refractivity contribution in [3.05, 3.63) is 47.5 Å². The molecule has 1 atom stereocenters. The molecule has 15 heavy (non-hydrogen) atoms. The van der Waals surface area contributed by atoms with Gasteiger partial charge in [-0.1, -0.05) is 43.0 Å². The van der Waals surface area contributed by atoms with E-state index in [2.05, 4.69) is 36.4 Å². The molecule has 1 heteroatoms. The molecule has 0 aromatic heterocycles. The van der Waals surface area contributed by atoms with E-state index in [-0.39, 0.29) is 0 Å². The Hall–Kier alpha value is -0.950. The number of aryl methyl sites for hydroxylation is 1. The molecule has 0 saturated carbocycles. The molecule has 1 unspecified atom stereocenters. The number of hydrogen-bond acceptors (Lipinski definition) is 0. The van der Waals surface area contributed by atoms with Gasteiger partial charge in [0.15, 0.2) is 0 Å². The monoisotopic (exact) mass is 213 g/mol. The van der Waals surface area contributed by atoms with Crippen molar-refractivity contribution >= 4 is 23.4 Å². The van der Waals surface area contributed by atoms with E-state index in [1.807, 2.05) is 0 Å². The minimum atomic E-state index is 0.332. The highest BCUT2D eigenvalue weighted by Gasteiger charge is 2.17. The molecule has 0 fully saturated rings. The number of benzene rings is 2. The first kappa shape index (κ1) is 9.29. The number of rotatable bonds is 0. The average Bonchev–Trinajstić information content (AvgIpc) is 2.27. The molecule has 3 rings (SSSR count). The second-order valence-corrected chi connectivity index (χ2v) is 4.85. The zero-order valence-corrected chi connectivity index (χ0v) is 9.39. The van der Waals surface area contributed by atoms with Crippen molar-refractivity contribution in [2.24, 2.45) is 0 Å². The Bertz CT molecular complexity index is 502. The summed E-state index contributed by atoms with van der Waals surface area (Å²) < 4.78 is 0. The van der Waals surface area contributed by atoms with Gasteiger partial charge in [0.05, 0.1) is 0 Å². The molecule has 1 radical (unpaired) electrons. The Labute approximate surface area is 95.7 Å². The maximum absolute atomic E-state index is 5.51. The normalized spacial score (nSPS) is 20.2. The summed E-state index contributed by atoms with van der Waals surface area (Å²) in [6.45, 7) is 0. The molecule has 0 aliphatic heterocycles. The summed E-state index contributed by atoms with van der Waals surface area (Å²) >= 11 is 5.51. The molecule has 0 saturated heterocycles. The quantitative estimate of drug-likeness (QED) is 0.608. The van der Waals surface area contributed by atoms with Crippen LogP contribution in [0.1, 0.15) is 29.2 Å². The highest BCUT2D eigenvalue weighted by molar-refractivity contribution is 7.80. The van der Waals surface area contributed by atoms with E-state index >= 15 is 0 Å². The van der Waals surface area contributed by atoms with E-state index in [4.69, 9.17) is 12.6 Å². The predicted molar refractivity (Wildman–Crippen MR) is 67.2 cm³/mol. The summed E-state index contributed by atoms with van der Waals surface area (Å²) in [6, 6.07) is 13.2. The van der Waals surface area contributed by atoms with Crippen LogP contribution in [0.25, 0.3) is 10.8 Å². The van der Waals surface area contributed by atoms with E-state index in [1.54, 1.807) is 0 Å². The molecule has 0 nitrogen and oxygen atoms in total. The van der Waals surface area contributed by atoms with E-state index in [9.17, 15) is 0 Å². The fraction of sp³-hybridized carbons (Fsp3) is 0.286. The first-order valence-corrected chi connectivity index (χ1v) is 5.99. The summed E-state index contributed by atoms with van der Waals surface area (Å²) in [6.07, 6.45) is 3.62. The van der Waals surface area contributed by atoms with Gasteiger partial charge in [-0.15, -0.1) is 0 Å². The third kappa shape index (κ3) is 1.55. The molecule has 0 heterocycles. The van der Waals surface area contributed by atoms with Crippen LogP contribution in [0.5, 0.6) is 0 Å². The first-order chi connectivity index (χ1) is 7.34. The minimum absolute atomic E-state index is 0.332. The van der Waals surface area contributed by atoms with Crippen LogP contribution in [0.2, 0.25) is 0 Å². The third-order valence-corrected chi connectivity index (χ3v) is 3.76. The fourth-order valence-corrected chi connectivity index (χ4v) is 2.84. The van der Waals surface area contributed by atoms with Crippen molar-refractivity contribution in [1.82, 2.24) is 0 Å². The molecular weight excluding hydrogens is 200 g/mol. The van der Waals surface area contributed by atoms with Crippen LogP contribution in [-0.2, 0) is 6.42 Å². The molecule has 1 aliphatic carbocycles. The smallest absolute Gasteiger partial charge is 0.0404 e. The van der Waals surface area contributed by atoms with Crippen LogP contribution in [0.3, 0.4) is 0 Å². The lowest BCUT2D eigenvalue weighted by atomic mass is 9.89. The zero-order chi connectivity index (χ0) is 10.3. The van der Waals surface area contributed by atoms with E-state index in [0.717, 1.165) is 0 Å². The standard InChI is InChI=1S/C14H13S/c15-14-7-3-6-12-8-10-4-1-2-5-11(10)9-13(12)14/h1-2,4-5,8-9,14H,3,6-7H2. The lowest BCUT2D eigenvalue weighted by molar-refractivity contribution is 0.678. The Morgan fingerprint density at radius 2 is 1.80 bits per heavy atom. The van der Waals surface area contributed by atoms with Gasteiger partial charge in [-0.25, -0.2) is 0 Å². The van der Waals surface area contributed by atoms with Crippen LogP contribution in [0.15, 0.2) is 36.4 Å². The van der Waals surface area contributed by atoms with Crippen molar-refractivity contribution in [3.63, 3.8) is 0 Å². The van der Waals surface area contributed by atoms with Gasteiger partial charge in [-0.3, -0.25) is 0 Å². The lowest BCUT2D eigenvalue weighted by Gasteiger charge is -2.21. The summed E-state index contributed by atoms with van der Waals surface area (Å²) in [7, 11) is 0. The Morgan fingerprint density at radius 3 is 2.60 bits per heavy atom. The van der Waals surface area contributed by atoms with Crippen LogP contribution in [-0.4, -0.2) is 0 Å². The molecule has 2 aromatic rings. The topological polar surface area (TPSA) is 0 Å². The van der Waals surface area contributed by atoms with Crippen molar-refractivity contribution in [2.45, 2.75) is 24.5 Å². The van der Waals surface area contributed by atoms with Crippen LogP contribution in [0, 0.1) is 0 Å². The summed E-state index contributed by atoms with van der Waals surface area (Å²) in [4.78, 5) is 0. The minimum Gasteiger partial charge on any atom is -0.0853 e. The molecule has 0 spiro atoms. The Morgan fingerprint density at radius 1 is 1.07 bits per heavy atom. The van der Waals surface area contributed by atoms with Crippen molar-refractivity contribution in [3.8, 4) is 0 Å². The van der Waals surface area contributed by atoms with Gasteiger partial charge in [-0.05, 0) is 47.2 Å². The average molecular weight is 213 g/mol. The molecule has 0 bridgehead atoms. The largest absolute Gasteiger partial charge is 0.0853 e. The summed E-state index contributed by atoms with van der Waals surface area (Å²) in [5.74, 6) is 0. The van der Waals surface area contributed by atoms with Gasteiger partial charge in [0, 0.05) is 5.25 Å². The van der Waals surface area contributed by atoms with Crippen molar-refractivity contribution < 1.29 is 0 Å². The van der Waals surface area contributed by atoms with Gasteiger partial charge >= 0.3 is 0 Å². The fourth-order valence-electron chi connectivity index (χ4n) is 2.45. The van der Waals surface area contributed by atoms with Gasteiger partial charge in [0.2, 0.25) is 0 Å². The number of fused-ring (bicyclic) bond motifs is 2. The lowest BCUT2D eigenvalue weighted by Crippen LogP contribution is -2.05. The molecular formula is C14H13S. The van der Waals surface area contributed by atoms with Crippen LogP contribution < -0.4 is 0 Å². The van der Waals surface area contributed by atoms with E-state index in [0.29, 0.717) is 5.25 Å². The maximum atomic E-state index is 5.51.